The molecule has 0 atom stereocenters. The molecule has 8 rings (SSSR count). The minimum Gasteiger partial charge on any atom is -0.369 e. The van der Waals surface area contributed by atoms with E-state index in [1.54, 1.807) is 0 Å². The van der Waals surface area contributed by atoms with Gasteiger partial charge in [-0.25, -0.2) is 33.7 Å². The Kier molecular flexibility index (Phi) is 25.4. The number of sulfonamides is 4. The third-order valence-electron chi connectivity index (χ3n) is 14.2. The van der Waals surface area contributed by atoms with Gasteiger partial charge in [0.2, 0.25) is 123 Å². The molecule has 24 N–H and O–H groups in total. The molecule has 0 aliphatic heterocycles. The van der Waals surface area contributed by atoms with E-state index in [9.17, 15) is 98.0 Å². The monoisotopic (exact) mass is 1640 g/mol. The Morgan fingerprint density at radius 1 is 0.273 bits per heavy atom. The van der Waals surface area contributed by atoms with E-state index in [1.165, 1.54) is 48.5 Å². The van der Waals surface area contributed by atoms with Crippen LogP contribution in [0.3, 0.4) is 0 Å². The third-order valence-corrected chi connectivity index (χ3v) is 23.1. The van der Waals surface area contributed by atoms with Crippen LogP contribution in [0.15, 0.2) is 163 Å². The van der Waals surface area contributed by atoms with Crippen LogP contribution >= 0.6 is 0 Å². The molecule has 8 amide bonds. The van der Waals surface area contributed by atoms with Gasteiger partial charge in [0.05, 0.1) is 71.9 Å². The zero-order chi connectivity index (χ0) is 81.2. The van der Waals surface area contributed by atoms with Crippen LogP contribution in [0.4, 0.5) is 69.8 Å². The molecule has 2 aromatic heterocycles. The van der Waals surface area contributed by atoms with Crippen LogP contribution in [0, 0.1) is 0 Å². The summed E-state index contributed by atoms with van der Waals surface area (Å²) in [6, 6.07) is 23.8. The molecule has 0 unspecified atom stereocenters. The second kappa shape index (κ2) is 33.7. The molecule has 8 aromatic rings. The molecule has 0 aliphatic carbocycles. The number of nitrogens with two attached hydrogens (primary N) is 8. The summed E-state index contributed by atoms with van der Waals surface area (Å²) in [4.78, 5) is 116. The Hall–Kier alpha value is -12.6. The van der Waals surface area contributed by atoms with E-state index in [0.717, 1.165) is 84.9 Å². The molecule has 6 aromatic carbocycles. The molecule has 0 fully saturated rings. The highest BCUT2D eigenvalue weighted by molar-refractivity contribution is 7.90. The van der Waals surface area contributed by atoms with Crippen LogP contribution in [-0.2, 0) is 98.7 Å². The predicted octanol–water partition coefficient (Wildman–Crippen LogP) is -3.48. The van der Waals surface area contributed by atoms with Crippen LogP contribution in [0.5, 0.6) is 0 Å². The molecule has 0 bridgehead atoms. The first-order valence-corrected chi connectivity index (χ1v) is 39.0. The highest BCUT2D eigenvalue weighted by Crippen LogP contribution is 2.38. The van der Waals surface area contributed by atoms with Crippen LogP contribution in [-0.4, -0.2) is 206 Å². The molecule has 46 nitrogen and oxygen atoms in total. The average Bonchev–Trinajstić information content (AvgIpc) is 0.764. The number of primary amides is 8. The smallest absolute Gasteiger partial charge is 0.295 e. The molecule has 582 valence electrons. The van der Waals surface area contributed by atoms with Gasteiger partial charge in [0.15, 0.2) is 0 Å². The van der Waals surface area contributed by atoms with Crippen LogP contribution in [0.1, 0.15) is 0 Å². The summed E-state index contributed by atoms with van der Waals surface area (Å²) in [5.74, 6) is -12.4. The van der Waals surface area contributed by atoms with Gasteiger partial charge in [0, 0.05) is 45.3 Å². The normalized spacial score (nSPS) is 12.1. The summed E-state index contributed by atoms with van der Waals surface area (Å²) in [6.45, 7) is -7.82. The van der Waals surface area contributed by atoms with Crippen molar-refractivity contribution in [2.45, 2.75) is 29.4 Å². The quantitative estimate of drug-likeness (QED) is 0.0166. The standard InChI is InChI=1S/C58H62N24O22S6/c59-45(83)23-79(24-46(60)84)105(91,92)37-9-1-5-31(17-37)67-53-73-54(68-32-6-2-10-38(18-32)106(93,94)80(25-47(61)85)26-48(62)86)76-57(75-53)71-35-13-15-41(43(21-35)109(99,100)101)42-16-14-36(22-44(42)110(102,103)104)72-58-77-55(69-33-7-3-11-39(19-33)107(95,96)81(27-49(63)87)28-50(64)88)74-56(78-58)70-34-8-4-12-40(20-34)108(97,98)82(29-51(65)89)30-52(66)90/h1-22H,23-30H2,(H2,59,83)(H2,60,84)(H2,61,85)(H2,62,86)(H2,63,87)(H2,64,88)(H2,65,89)(H2,66,90)(H,99,100,101)(H,102,103,104)(H3,67,68,71,73,75,76)(H3,69,70,72,74,77,78). The van der Waals surface area contributed by atoms with E-state index in [1.807, 2.05) is 0 Å². The highest BCUT2D eigenvalue weighted by Gasteiger charge is 2.33. The fourth-order valence-corrected chi connectivity index (χ4v) is 16.9. The summed E-state index contributed by atoms with van der Waals surface area (Å²) in [5.41, 5.74) is 39.6. The molecule has 0 saturated carbocycles. The molecular weight excluding hydrogens is 1580 g/mol. The van der Waals surface area contributed by atoms with E-state index in [0.29, 0.717) is 17.2 Å². The summed E-state index contributed by atoms with van der Waals surface area (Å²) < 4.78 is 187. The first-order valence-electron chi connectivity index (χ1n) is 30.3. The maximum Gasteiger partial charge on any atom is 0.295 e. The Morgan fingerprint density at radius 2 is 0.445 bits per heavy atom. The van der Waals surface area contributed by atoms with E-state index in [-0.39, 0.29) is 34.1 Å². The molecule has 110 heavy (non-hydrogen) atoms. The fraction of sp³-hybridized carbons (Fsp3) is 0.138. The molecule has 0 aliphatic rings. The van der Waals surface area contributed by atoms with Crippen LogP contribution in [0.25, 0.3) is 11.1 Å². The first-order chi connectivity index (χ1) is 51.3. The van der Waals surface area contributed by atoms with Crippen LogP contribution in [0.2, 0.25) is 0 Å². The van der Waals surface area contributed by atoms with Crippen molar-refractivity contribution in [3.8, 4) is 11.1 Å². The summed E-state index contributed by atoms with van der Waals surface area (Å²) in [5, 5.41) is 16.2. The Balaban J connectivity index is 1.20. The van der Waals surface area contributed by atoms with E-state index in [2.05, 4.69) is 61.8 Å². The van der Waals surface area contributed by atoms with E-state index in [4.69, 9.17) is 45.9 Å². The number of amides is 8. The van der Waals surface area contributed by atoms with Gasteiger partial charge < -0.3 is 77.8 Å². The van der Waals surface area contributed by atoms with Gasteiger partial charge in [0.25, 0.3) is 20.2 Å². The number of aromatic nitrogens is 6. The average molecular weight is 1640 g/mol. The van der Waals surface area contributed by atoms with E-state index >= 15 is 0 Å². The van der Waals surface area contributed by atoms with Crippen molar-refractivity contribution >= 4 is 177 Å². The molecule has 0 spiro atoms. The maximum atomic E-state index is 13.8. The number of rotatable bonds is 39. The first kappa shape index (κ1) is 83.0. The number of carbonyl (C=O) groups is 8. The van der Waals surface area contributed by atoms with Crippen LogP contribution < -0.4 is 77.8 Å². The number of hydrogen-bond donors (Lipinski definition) is 16. The van der Waals surface area contributed by atoms with Gasteiger partial charge in [-0.15, -0.1) is 0 Å². The van der Waals surface area contributed by atoms with Crippen molar-refractivity contribution in [1.29, 1.82) is 0 Å². The lowest BCUT2D eigenvalue weighted by molar-refractivity contribution is -0.121. The number of nitrogens with zero attached hydrogens (tertiary/aromatic N) is 10. The SMILES string of the molecule is NC(=O)CN(CC(N)=O)S(=O)(=O)c1cccc(Nc2nc(Nc3cccc(S(=O)(=O)N(CC(N)=O)CC(N)=O)c3)nc(Nc3ccc(-c4ccc(Nc5nc(Nc6cccc(S(=O)(=O)N(CC(N)=O)CC(N)=O)c6)nc(Nc6cccc(S(=O)(=O)N(CC(N)=O)CC(N)=O)c6)n5)cc4S(=O)(=O)O)c(S(=O)(=O)O)c3)n2)c1. The molecule has 0 saturated heterocycles. The van der Waals surface area contributed by atoms with Gasteiger partial charge >= 0.3 is 0 Å². The van der Waals surface area contributed by atoms with Crippen molar-refractivity contribution < 1.29 is 98.0 Å². The van der Waals surface area contributed by atoms with Crippen molar-refractivity contribution in [2.24, 2.45) is 45.9 Å². The predicted molar refractivity (Wildman–Crippen MR) is 385 cm³/mol. The second-order valence-electron chi connectivity index (χ2n) is 22.7. The molecular formula is C58H62N24O22S6. The van der Waals surface area contributed by atoms with Crippen molar-refractivity contribution in [3.05, 3.63) is 133 Å². The summed E-state index contributed by atoms with van der Waals surface area (Å²) >= 11 is 0. The van der Waals surface area contributed by atoms with Gasteiger partial charge in [-0.05, 0) is 97.1 Å². The number of hydrogen-bond acceptors (Lipinski definition) is 32. The minimum absolute atomic E-state index is 0.129. The number of nitrogens with one attached hydrogen (secondary N) is 6. The number of carbonyl (C=O) groups excluding carboxylic acids is 8. The third kappa shape index (κ3) is 21.8. The molecule has 0 radical (unpaired) electrons. The fourth-order valence-electron chi connectivity index (χ4n) is 9.76. The Bertz CT molecular complexity index is 5100. The van der Waals surface area contributed by atoms with Crippen molar-refractivity contribution in [3.63, 3.8) is 0 Å². The zero-order valence-corrected chi connectivity index (χ0v) is 60.9. The minimum atomic E-state index is -5.50. The Labute approximate surface area is 623 Å². The van der Waals surface area contributed by atoms with Crippen molar-refractivity contribution in [2.75, 3.05) is 84.3 Å². The summed E-state index contributed by atoms with van der Waals surface area (Å²) in [6.07, 6.45) is 0. The second-order valence-corrected chi connectivity index (χ2v) is 33.2. The lowest BCUT2D eigenvalue weighted by atomic mass is 10.0. The van der Waals surface area contributed by atoms with Gasteiger partial charge in [0.1, 0.15) is 9.79 Å². The lowest BCUT2D eigenvalue weighted by Crippen LogP contribution is -2.43. The molecule has 2 heterocycles. The summed E-state index contributed by atoms with van der Waals surface area (Å²) in [7, 11) is -29.9. The van der Waals surface area contributed by atoms with E-state index < -0.39 is 236 Å². The van der Waals surface area contributed by atoms with Crippen molar-refractivity contribution in [1.82, 2.24) is 47.1 Å². The number of anilines is 12. The lowest BCUT2D eigenvalue weighted by Gasteiger charge is -2.20. The van der Waals surface area contributed by atoms with Gasteiger partial charge in [-0.1, -0.05) is 36.4 Å². The molecule has 52 heteroatoms. The highest BCUT2D eigenvalue weighted by atomic mass is 32.2. The Morgan fingerprint density at radius 3 is 0.609 bits per heavy atom. The zero-order valence-electron chi connectivity index (χ0n) is 56.0. The van der Waals surface area contributed by atoms with Gasteiger partial charge in [-0.2, -0.15) is 64.0 Å². The topological polar surface area (TPSA) is 753 Å². The number of benzene rings is 6. The van der Waals surface area contributed by atoms with Gasteiger partial charge in [-0.3, -0.25) is 47.5 Å². The maximum absolute atomic E-state index is 13.8. The largest absolute Gasteiger partial charge is 0.369 e.